The van der Waals surface area contributed by atoms with Gasteiger partial charge in [-0.25, -0.2) is 0 Å². The maximum Gasteiger partial charge on any atom is 0.311 e. The van der Waals surface area contributed by atoms with Gasteiger partial charge in [0.25, 0.3) is 5.69 Å². The van der Waals surface area contributed by atoms with E-state index >= 15 is 0 Å². The van der Waals surface area contributed by atoms with Crippen molar-refractivity contribution in [3.63, 3.8) is 0 Å². The number of carboxylic acid groups (broad SMARTS) is 1. The van der Waals surface area contributed by atoms with Gasteiger partial charge in [-0.2, -0.15) is 0 Å². The number of carboxylic acids is 1. The van der Waals surface area contributed by atoms with Crippen molar-refractivity contribution in [1.29, 1.82) is 0 Å². The smallest absolute Gasteiger partial charge is 0.311 e. The van der Waals surface area contributed by atoms with E-state index in [1.165, 1.54) is 17.8 Å². The first-order valence-electron chi connectivity index (χ1n) is 6.23. The van der Waals surface area contributed by atoms with Crippen molar-refractivity contribution >= 4 is 23.4 Å². The molecule has 0 saturated carbocycles. The van der Waals surface area contributed by atoms with Crippen LogP contribution in [0.15, 0.2) is 59.5 Å². The van der Waals surface area contributed by atoms with Crippen LogP contribution in [0.2, 0.25) is 0 Å². The zero-order valence-corrected chi connectivity index (χ0v) is 11.8. The van der Waals surface area contributed by atoms with Crippen LogP contribution >= 0.6 is 11.8 Å². The van der Waals surface area contributed by atoms with Crippen LogP contribution in [0, 0.1) is 10.1 Å². The van der Waals surface area contributed by atoms with Crippen LogP contribution in [0.25, 0.3) is 0 Å². The topological polar surface area (TPSA) is 80.4 Å². The molecule has 0 radical (unpaired) electrons. The Bertz CT molecular complexity index is 645. The Kier molecular flexibility index (Phi) is 4.94. The Morgan fingerprint density at radius 1 is 1.14 bits per heavy atom. The van der Waals surface area contributed by atoms with Crippen molar-refractivity contribution in [2.75, 3.05) is 5.75 Å². The number of nitro groups is 1. The van der Waals surface area contributed by atoms with Gasteiger partial charge in [0, 0.05) is 11.8 Å². The quantitative estimate of drug-likeness (QED) is 0.501. The molecule has 1 atom stereocenters. The van der Waals surface area contributed by atoms with E-state index in [1.54, 1.807) is 42.5 Å². The highest BCUT2D eigenvalue weighted by Crippen LogP contribution is 2.32. The molecule has 0 aliphatic rings. The van der Waals surface area contributed by atoms with Gasteiger partial charge in [-0.05, 0) is 11.6 Å². The predicted octanol–water partition coefficient (Wildman–Crippen LogP) is 3.56. The maximum atomic E-state index is 11.4. The largest absolute Gasteiger partial charge is 0.481 e. The lowest BCUT2D eigenvalue weighted by molar-refractivity contribution is -0.387. The highest BCUT2D eigenvalue weighted by molar-refractivity contribution is 7.99. The van der Waals surface area contributed by atoms with Crippen LogP contribution in [0.1, 0.15) is 11.5 Å². The SMILES string of the molecule is O=C(O)[C@@H](CSc1ccccc1[N+](=O)[O-])c1ccccc1. The Balaban J connectivity index is 2.17. The van der Waals surface area contributed by atoms with Crippen LogP contribution in [0.4, 0.5) is 5.69 Å². The number of thioether (sulfide) groups is 1. The van der Waals surface area contributed by atoms with Crippen LogP contribution in [-0.4, -0.2) is 21.8 Å². The summed E-state index contributed by atoms with van der Waals surface area (Å²) in [6, 6.07) is 15.2. The maximum absolute atomic E-state index is 11.4. The van der Waals surface area contributed by atoms with Gasteiger partial charge in [-0.3, -0.25) is 14.9 Å². The molecule has 1 N–H and O–H groups in total. The summed E-state index contributed by atoms with van der Waals surface area (Å²) in [5, 5.41) is 20.3. The first-order valence-corrected chi connectivity index (χ1v) is 7.22. The lowest BCUT2D eigenvalue weighted by Gasteiger charge is -2.12. The van der Waals surface area contributed by atoms with Crippen molar-refractivity contribution in [3.8, 4) is 0 Å². The molecule has 2 rings (SSSR count). The fraction of sp³-hybridized carbons (Fsp3) is 0.133. The summed E-state index contributed by atoms with van der Waals surface area (Å²) < 4.78 is 0. The Labute approximate surface area is 125 Å². The van der Waals surface area contributed by atoms with E-state index in [-0.39, 0.29) is 11.4 Å². The molecule has 5 nitrogen and oxygen atoms in total. The average Bonchev–Trinajstić information content (AvgIpc) is 2.48. The summed E-state index contributed by atoms with van der Waals surface area (Å²) in [4.78, 5) is 22.4. The van der Waals surface area contributed by atoms with Crippen LogP contribution < -0.4 is 0 Å². The summed E-state index contributed by atoms with van der Waals surface area (Å²) in [5.74, 6) is -1.40. The van der Waals surface area contributed by atoms with Gasteiger partial charge in [0.1, 0.15) is 0 Å². The standard InChI is InChI=1S/C15H13NO4S/c17-15(18)12(11-6-2-1-3-7-11)10-21-14-9-5-4-8-13(14)16(19)20/h1-9,12H,10H2,(H,17,18)/t12-/m0/s1. The molecule has 0 aliphatic carbocycles. The zero-order valence-electron chi connectivity index (χ0n) is 11.0. The second-order valence-corrected chi connectivity index (χ2v) is 5.40. The number of carbonyl (C=O) groups is 1. The normalized spacial score (nSPS) is 11.8. The molecule has 0 bridgehead atoms. The van der Waals surface area contributed by atoms with E-state index < -0.39 is 16.8 Å². The fourth-order valence-corrected chi connectivity index (χ4v) is 3.05. The molecule has 0 aromatic heterocycles. The third kappa shape index (κ3) is 3.82. The van der Waals surface area contributed by atoms with Crippen LogP contribution in [0.5, 0.6) is 0 Å². The van der Waals surface area contributed by atoms with Gasteiger partial charge < -0.3 is 5.11 Å². The summed E-state index contributed by atoms with van der Waals surface area (Å²) in [6.07, 6.45) is 0. The van der Waals surface area contributed by atoms with E-state index in [0.29, 0.717) is 10.5 Å². The summed E-state index contributed by atoms with van der Waals surface area (Å²) in [5.41, 5.74) is 0.691. The highest BCUT2D eigenvalue weighted by Gasteiger charge is 2.22. The molecule has 0 unspecified atom stereocenters. The van der Waals surface area contributed by atoms with Gasteiger partial charge >= 0.3 is 5.97 Å². The molecule has 0 heterocycles. The second-order valence-electron chi connectivity index (χ2n) is 4.34. The molecule has 0 amide bonds. The molecular weight excluding hydrogens is 290 g/mol. The molecule has 2 aromatic rings. The van der Waals surface area contributed by atoms with Crippen molar-refractivity contribution in [2.45, 2.75) is 10.8 Å². The Morgan fingerprint density at radius 2 is 1.76 bits per heavy atom. The molecule has 108 valence electrons. The first-order chi connectivity index (χ1) is 10.1. The molecular formula is C15H13NO4S. The molecule has 0 aliphatic heterocycles. The average molecular weight is 303 g/mol. The minimum absolute atomic E-state index is 0.000277. The van der Waals surface area contributed by atoms with Crippen LogP contribution in [-0.2, 0) is 4.79 Å². The van der Waals surface area contributed by atoms with Gasteiger partial charge in [0.2, 0.25) is 0 Å². The number of nitro benzene ring substituents is 1. The van der Waals surface area contributed by atoms with E-state index in [1.807, 2.05) is 6.07 Å². The van der Waals surface area contributed by atoms with Crippen molar-refractivity contribution in [3.05, 3.63) is 70.3 Å². The van der Waals surface area contributed by atoms with Gasteiger partial charge in [0.15, 0.2) is 0 Å². The Hall–Kier alpha value is -2.34. The molecule has 6 heteroatoms. The summed E-state index contributed by atoms with van der Waals surface area (Å²) in [7, 11) is 0. The zero-order chi connectivity index (χ0) is 15.2. The van der Waals surface area contributed by atoms with Gasteiger partial charge in [-0.15, -0.1) is 11.8 Å². The lowest BCUT2D eigenvalue weighted by Crippen LogP contribution is -2.14. The van der Waals surface area contributed by atoms with Crippen molar-refractivity contribution in [1.82, 2.24) is 0 Å². The van der Waals surface area contributed by atoms with Crippen molar-refractivity contribution in [2.24, 2.45) is 0 Å². The predicted molar refractivity (Wildman–Crippen MR) is 80.6 cm³/mol. The number of benzene rings is 2. The molecule has 0 fully saturated rings. The summed E-state index contributed by atoms with van der Waals surface area (Å²) in [6.45, 7) is 0. The fourth-order valence-electron chi connectivity index (χ4n) is 1.90. The van der Waals surface area contributed by atoms with Gasteiger partial charge in [0.05, 0.1) is 15.7 Å². The van der Waals surface area contributed by atoms with E-state index in [0.717, 1.165) is 0 Å². The molecule has 0 spiro atoms. The number of para-hydroxylation sites is 1. The Morgan fingerprint density at radius 3 is 2.38 bits per heavy atom. The number of nitrogens with zero attached hydrogens (tertiary/aromatic N) is 1. The first kappa shape index (κ1) is 15.1. The third-order valence-corrected chi connectivity index (χ3v) is 4.12. The van der Waals surface area contributed by atoms with Gasteiger partial charge in [-0.1, -0.05) is 42.5 Å². The molecule has 21 heavy (non-hydrogen) atoms. The second kappa shape index (κ2) is 6.90. The highest BCUT2D eigenvalue weighted by atomic mass is 32.2. The van der Waals surface area contributed by atoms with E-state index in [9.17, 15) is 20.0 Å². The van der Waals surface area contributed by atoms with Crippen LogP contribution in [0.3, 0.4) is 0 Å². The minimum atomic E-state index is -0.938. The van der Waals surface area contributed by atoms with E-state index in [4.69, 9.17) is 0 Å². The number of aliphatic carboxylic acids is 1. The molecule has 2 aromatic carbocycles. The van der Waals surface area contributed by atoms with Crippen molar-refractivity contribution < 1.29 is 14.8 Å². The lowest BCUT2D eigenvalue weighted by atomic mass is 10.0. The minimum Gasteiger partial charge on any atom is -0.481 e. The number of hydrogen-bond donors (Lipinski definition) is 1. The summed E-state index contributed by atoms with van der Waals surface area (Å²) >= 11 is 1.18. The monoisotopic (exact) mass is 303 g/mol. The molecule has 0 saturated heterocycles. The number of hydrogen-bond acceptors (Lipinski definition) is 4. The van der Waals surface area contributed by atoms with E-state index in [2.05, 4.69) is 0 Å². The third-order valence-electron chi connectivity index (χ3n) is 2.97. The number of rotatable bonds is 6.